The molecule has 0 aliphatic rings. The minimum Gasteiger partial charge on any atom is -0.444 e. The van der Waals surface area contributed by atoms with Crippen molar-refractivity contribution in [3.05, 3.63) is 24.0 Å². The van der Waals surface area contributed by atoms with Gasteiger partial charge >= 0.3 is 6.09 Å². The van der Waals surface area contributed by atoms with Crippen molar-refractivity contribution in [3.8, 4) is 0 Å². The molecule has 0 bridgehead atoms. The second kappa shape index (κ2) is 6.19. The lowest BCUT2D eigenvalue weighted by molar-refractivity contribution is 0.0636. The normalized spacial score (nSPS) is 12.0. The van der Waals surface area contributed by atoms with Crippen molar-refractivity contribution in [2.75, 3.05) is 11.6 Å². The van der Waals surface area contributed by atoms with Gasteiger partial charge in [0, 0.05) is 0 Å². The molecular weight excluding hydrogens is 284 g/mol. The topological polar surface area (TPSA) is 94.6 Å². The van der Waals surface area contributed by atoms with E-state index in [-0.39, 0.29) is 6.61 Å². The first-order valence-corrected chi connectivity index (χ1v) is 7.66. The molecule has 1 heterocycles. The number of pyridine rings is 1. The van der Waals surface area contributed by atoms with E-state index < -0.39 is 21.8 Å². The zero-order valence-corrected chi connectivity index (χ0v) is 12.7. The Hall–Kier alpha value is -1.67. The summed E-state index contributed by atoms with van der Waals surface area (Å²) in [6.45, 7) is 5.13. The van der Waals surface area contributed by atoms with Crippen LogP contribution in [0.15, 0.2) is 18.3 Å². The largest absolute Gasteiger partial charge is 0.444 e. The lowest BCUT2D eigenvalue weighted by Gasteiger charge is -2.19. The molecule has 0 saturated carbocycles. The fraction of sp³-hybridized carbons (Fsp3) is 0.500. The Morgan fingerprint density at radius 3 is 2.45 bits per heavy atom. The number of nitrogens with zero attached hydrogens (tertiary/aromatic N) is 1. The van der Waals surface area contributed by atoms with Crippen LogP contribution in [0.4, 0.5) is 10.5 Å². The number of aromatic nitrogens is 1. The predicted octanol–water partition coefficient (Wildman–Crippen LogP) is 1.90. The highest BCUT2D eigenvalue weighted by molar-refractivity contribution is 7.85. The predicted molar refractivity (Wildman–Crippen MR) is 73.7 cm³/mol. The molecule has 0 atom stereocenters. The summed E-state index contributed by atoms with van der Waals surface area (Å²) < 4.78 is 31.3. The third-order valence-corrected chi connectivity index (χ3v) is 2.44. The molecule has 20 heavy (non-hydrogen) atoms. The Bertz CT molecular complexity index is 561. The van der Waals surface area contributed by atoms with Gasteiger partial charge in [0.25, 0.3) is 10.1 Å². The highest BCUT2D eigenvalue weighted by Gasteiger charge is 2.16. The van der Waals surface area contributed by atoms with Crippen LogP contribution in [0.3, 0.4) is 0 Å². The van der Waals surface area contributed by atoms with E-state index in [1.807, 2.05) is 0 Å². The maximum atomic E-state index is 11.5. The molecule has 0 unspecified atom stereocenters. The van der Waals surface area contributed by atoms with Crippen LogP contribution >= 0.6 is 0 Å². The van der Waals surface area contributed by atoms with Gasteiger partial charge in [-0.15, -0.1) is 0 Å². The van der Waals surface area contributed by atoms with E-state index in [0.29, 0.717) is 11.4 Å². The minimum atomic E-state index is -3.50. The Kier molecular flexibility index (Phi) is 5.07. The van der Waals surface area contributed by atoms with Crippen LogP contribution in [0, 0.1) is 0 Å². The molecule has 8 heteroatoms. The molecule has 1 aromatic rings. The number of carbonyl (C=O) groups is 1. The van der Waals surface area contributed by atoms with Crippen molar-refractivity contribution in [2.45, 2.75) is 33.0 Å². The number of rotatable bonds is 4. The van der Waals surface area contributed by atoms with Crippen LogP contribution in [0.5, 0.6) is 0 Å². The van der Waals surface area contributed by atoms with Gasteiger partial charge in [-0.05, 0) is 32.9 Å². The number of hydrogen-bond donors (Lipinski definition) is 1. The van der Waals surface area contributed by atoms with Gasteiger partial charge < -0.3 is 4.74 Å². The maximum Gasteiger partial charge on any atom is 0.412 e. The van der Waals surface area contributed by atoms with E-state index in [4.69, 9.17) is 4.74 Å². The third kappa shape index (κ3) is 7.05. The Morgan fingerprint density at radius 2 is 2.00 bits per heavy atom. The summed E-state index contributed by atoms with van der Waals surface area (Å²) in [4.78, 5) is 15.5. The average Bonchev–Trinajstić information content (AvgIpc) is 2.24. The number of nitrogens with one attached hydrogen (secondary N) is 1. The van der Waals surface area contributed by atoms with E-state index in [9.17, 15) is 13.2 Å². The molecule has 0 aromatic carbocycles. The zero-order valence-electron chi connectivity index (χ0n) is 11.8. The van der Waals surface area contributed by atoms with E-state index >= 15 is 0 Å². The van der Waals surface area contributed by atoms with Crippen molar-refractivity contribution >= 4 is 21.9 Å². The quantitative estimate of drug-likeness (QED) is 0.854. The molecule has 0 spiro atoms. The second-order valence-electron chi connectivity index (χ2n) is 5.13. The molecule has 1 rings (SSSR count). The number of amides is 1. The lowest BCUT2D eigenvalue weighted by atomic mass is 10.2. The fourth-order valence-electron chi connectivity index (χ4n) is 1.17. The van der Waals surface area contributed by atoms with Gasteiger partial charge in [-0.2, -0.15) is 8.42 Å². The van der Waals surface area contributed by atoms with Crippen LogP contribution in [0.2, 0.25) is 0 Å². The molecule has 0 saturated heterocycles. The van der Waals surface area contributed by atoms with Crippen LogP contribution < -0.4 is 5.32 Å². The Morgan fingerprint density at radius 1 is 1.35 bits per heavy atom. The van der Waals surface area contributed by atoms with Gasteiger partial charge in [0.1, 0.15) is 12.2 Å². The standard InChI is InChI=1S/C12H18N2O5S/c1-12(2,3)19-11(15)14-9-5-6-10(13-7-9)8-18-20(4,16)17/h5-7H,8H2,1-4H3,(H,14,15). The van der Waals surface area contributed by atoms with Crippen LogP contribution in [-0.4, -0.2) is 31.4 Å². The third-order valence-electron chi connectivity index (χ3n) is 1.89. The van der Waals surface area contributed by atoms with Gasteiger partial charge in [0.05, 0.1) is 23.8 Å². The molecule has 0 aliphatic heterocycles. The second-order valence-corrected chi connectivity index (χ2v) is 6.78. The summed E-state index contributed by atoms with van der Waals surface area (Å²) in [5, 5.41) is 2.52. The molecule has 112 valence electrons. The Labute approximate surface area is 118 Å². The van der Waals surface area contributed by atoms with Gasteiger partial charge in [0.2, 0.25) is 0 Å². The SMILES string of the molecule is CC(C)(C)OC(=O)Nc1ccc(COS(C)(=O)=O)nc1. The zero-order chi connectivity index (χ0) is 15.4. The summed E-state index contributed by atoms with van der Waals surface area (Å²) in [7, 11) is -3.50. The van der Waals surface area contributed by atoms with Crippen molar-refractivity contribution in [1.29, 1.82) is 0 Å². The van der Waals surface area contributed by atoms with Gasteiger partial charge in [-0.1, -0.05) is 0 Å². The van der Waals surface area contributed by atoms with E-state index in [0.717, 1.165) is 6.26 Å². The average molecular weight is 302 g/mol. The first-order valence-electron chi connectivity index (χ1n) is 5.84. The van der Waals surface area contributed by atoms with Gasteiger partial charge in [-0.3, -0.25) is 14.5 Å². The van der Waals surface area contributed by atoms with Crippen LogP contribution in [-0.2, 0) is 25.6 Å². The maximum absolute atomic E-state index is 11.5. The van der Waals surface area contributed by atoms with E-state index in [1.165, 1.54) is 6.20 Å². The van der Waals surface area contributed by atoms with Crippen LogP contribution in [0.25, 0.3) is 0 Å². The lowest BCUT2D eigenvalue weighted by Crippen LogP contribution is -2.27. The molecule has 0 fully saturated rings. The first kappa shape index (κ1) is 16.4. The summed E-state index contributed by atoms with van der Waals surface area (Å²) in [6, 6.07) is 3.13. The number of anilines is 1. The summed E-state index contributed by atoms with van der Waals surface area (Å²) in [5.74, 6) is 0. The summed E-state index contributed by atoms with van der Waals surface area (Å²) in [6.07, 6.45) is 1.77. The molecule has 0 radical (unpaired) electrons. The molecule has 7 nitrogen and oxygen atoms in total. The van der Waals surface area contributed by atoms with Gasteiger partial charge in [0.15, 0.2) is 0 Å². The van der Waals surface area contributed by atoms with Crippen molar-refractivity contribution in [3.63, 3.8) is 0 Å². The number of ether oxygens (including phenoxy) is 1. The summed E-state index contributed by atoms with van der Waals surface area (Å²) in [5.41, 5.74) is 0.299. The summed E-state index contributed by atoms with van der Waals surface area (Å²) >= 11 is 0. The van der Waals surface area contributed by atoms with E-state index in [2.05, 4.69) is 14.5 Å². The first-order chi connectivity index (χ1) is 9.05. The highest BCUT2D eigenvalue weighted by atomic mass is 32.2. The molecular formula is C12H18N2O5S. The monoisotopic (exact) mass is 302 g/mol. The van der Waals surface area contributed by atoms with Crippen molar-refractivity contribution < 1.29 is 22.1 Å². The van der Waals surface area contributed by atoms with Crippen molar-refractivity contribution in [2.24, 2.45) is 0 Å². The smallest absolute Gasteiger partial charge is 0.412 e. The Balaban J connectivity index is 2.57. The van der Waals surface area contributed by atoms with E-state index in [1.54, 1.807) is 32.9 Å². The highest BCUT2D eigenvalue weighted by Crippen LogP contribution is 2.11. The van der Waals surface area contributed by atoms with Gasteiger partial charge in [-0.25, -0.2) is 4.79 Å². The molecule has 1 amide bonds. The molecule has 0 aliphatic carbocycles. The number of hydrogen-bond acceptors (Lipinski definition) is 6. The van der Waals surface area contributed by atoms with Crippen molar-refractivity contribution in [1.82, 2.24) is 4.98 Å². The molecule has 1 N–H and O–H groups in total. The number of carbonyl (C=O) groups excluding carboxylic acids is 1. The molecule has 1 aromatic heterocycles. The fourth-order valence-corrected chi connectivity index (χ4v) is 1.51. The minimum absolute atomic E-state index is 0.147. The van der Waals surface area contributed by atoms with Crippen LogP contribution in [0.1, 0.15) is 26.5 Å².